The smallest absolute Gasteiger partial charge is 0.345 e. The average molecular weight is 399 g/mol. The maximum absolute atomic E-state index is 12.9. The summed E-state index contributed by atoms with van der Waals surface area (Å²) in [5.41, 5.74) is 0.626. The zero-order chi connectivity index (χ0) is 20.2. The summed E-state index contributed by atoms with van der Waals surface area (Å²) in [6, 6.07) is 7.37. The molecule has 0 atom stereocenters. The third-order valence-electron chi connectivity index (χ3n) is 5.87. The van der Waals surface area contributed by atoms with Crippen LogP contribution < -0.4 is 10.4 Å². The third-order valence-corrected chi connectivity index (χ3v) is 5.87. The standard InChI is InChI=1S/C21H29N5O3/c1-29-18-8-3-2-7-17(18)20(27)24-11-6-10-23(13-15-24)14-16-26-21(28)25-12-5-4-9-19(25)22-26/h2-3,7-8H,4-6,9-16H2,1H3. The molecule has 0 aliphatic carbocycles. The summed E-state index contributed by atoms with van der Waals surface area (Å²) < 4.78 is 8.78. The molecule has 156 valence electrons. The van der Waals surface area contributed by atoms with E-state index in [-0.39, 0.29) is 11.6 Å². The summed E-state index contributed by atoms with van der Waals surface area (Å²) in [4.78, 5) is 29.7. The fourth-order valence-corrected chi connectivity index (χ4v) is 4.22. The molecule has 2 aliphatic heterocycles. The number of carbonyl (C=O) groups is 1. The Morgan fingerprint density at radius 1 is 1.03 bits per heavy atom. The first kappa shape index (κ1) is 19.7. The Kier molecular flexibility index (Phi) is 5.99. The molecule has 8 heteroatoms. The first-order valence-corrected chi connectivity index (χ1v) is 10.5. The second-order valence-corrected chi connectivity index (χ2v) is 7.72. The van der Waals surface area contributed by atoms with Crippen molar-refractivity contribution in [2.75, 3.05) is 39.8 Å². The second kappa shape index (κ2) is 8.82. The molecule has 0 unspecified atom stereocenters. The van der Waals surface area contributed by atoms with E-state index in [0.29, 0.717) is 24.4 Å². The van der Waals surface area contributed by atoms with E-state index in [0.717, 1.165) is 64.2 Å². The molecule has 0 bridgehead atoms. The van der Waals surface area contributed by atoms with E-state index in [4.69, 9.17) is 4.74 Å². The Morgan fingerprint density at radius 2 is 1.90 bits per heavy atom. The Hall–Kier alpha value is -2.61. The largest absolute Gasteiger partial charge is 0.496 e. The summed E-state index contributed by atoms with van der Waals surface area (Å²) in [6.07, 6.45) is 3.97. The van der Waals surface area contributed by atoms with Crippen molar-refractivity contribution < 1.29 is 9.53 Å². The van der Waals surface area contributed by atoms with Crippen LogP contribution in [0.4, 0.5) is 0 Å². The maximum atomic E-state index is 12.9. The first-order valence-electron chi connectivity index (χ1n) is 10.5. The Bertz CT molecular complexity index is 919. The normalized spacial score (nSPS) is 17.6. The van der Waals surface area contributed by atoms with Crippen LogP contribution in [0.2, 0.25) is 0 Å². The monoisotopic (exact) mass is 399 g/mol. The van der Waals surface area contributed by atoms with Gasteiger partial charge in [-0.15, -0.1) is 0 Å². The molecule has 1 aromatic carbocycles. The lowest BCUT2D eigenvalue weighted by Crippen LogP contribution is -2.37. The van der Waals surface area contributed by atoms with Gasteiger partial charge in [-0.25, -0.2) is 9.48 Å². The number of benzene rings is 1. The number of aryl methyl sites for hydroxylation is 1. The zero-order valence-electron chi connectivity index (χ0n) is 17.0. The Morgan fingerprint density at radius 3 is 2.72 bits per heavy atom. The molecule has 1 aromatic heterocycles. The predicted molar refractivity (Wildman–Crippen MR) is 109 cm³/mol. The van der Waals surface area contributed by atoms with Gasteiger partial charge in [-0.2, -0.15) is 5.10 Å². The van der Waals surface area contributed by atoms with Crippen molar-refractivity contribution in [1.29, 1.82) is 0 Å². The predicted octanol–water partition coefficient (Wildman–Crippen LogP) is 1.24. The molecule has 3 heterocycles. The van der Waals surface area contributed by atoms with E-state index in [2.05, 4.69) is 10.00 Å². The van der Waals surface area contributed by atoms with Crippen LogP contribution in [-0.4, -0.2) is 69.9 Å². The van der Waals surface area contributed by atoms with Crippen molar-refractivity contribution >= 4 is 5.91 Å². The highest BCUT2D eigenvalue weighted by Gasteiger charge is 2.23. The van der Waals surface area contributed by atoms with Gasteiger partial charge in [0.25, 0.3) is 5.91 Å². The van der Waals surface area contributed by atoms with Crippen molar-refractivity contribution in [2.45, 2.75) is 38.8 Å². The molecule has 0 saturated carbocycles. The van der Waals surface area contributed by atoms with E-state index in [1.165, 1.54) is 0 Å². The highest BCUT2D eigenvalue weighted by molar-refractivity contribution is 5.97. The first-order chi connectivity index (χ1) is 14.2. The van der Waals surface area contributed by atoms with Crippen molar-refractivity contribution in [3.05, 3.63) is 46.1 Å². The van der Waals surface area contributed by atoms with Gasteiger partial charge < -0.3 is 9.64 Å². The topological polar surface area (TPSA) is 72.6 Å². The van der Waals surface area contributed by atoms with Gasteiger partial charge in [-0.1, -0.05) is 12.1 Å². The quantitative estimate of drug-likeness (QED) is 0.756. The lowest BCUT2D eigenvalue weighted by Gasteiger charge is -2.22. The molecule has 4 rings (SSSR count). The minimum atomic E-state index is 0.0160. The fourth-order valence-electron chi connectivity index (χ4n) is 4.22. The summed E-state index contributed by atoms with van der Waals surface area (Å²) in [5.74, 6) is 1.55. The highest BCUT2D eigenvalue weighted by Crippen LogP contribution is 2.20. The molecule has 2 aliphatic rings. The SMILES string of the molecule is COc1ccccc1C(=O)N1CCCN(CCn2nc3n(c2=O)CCCC3)CC1. The number of aromatic nitrogens is 3. The number of rotatable bonds is 5. The van der Waals surface area contributed by atoms with Crippen molar-refractivity contribution in [3.8, 4) is 5.75 Å². The number of para-hydroxylation sites is 1. The summed E-state index contributed by atoms with van der Waals surface area (Å²) in [5, 5.41) is 4.52. The number of ether oxygens (including phenoxy) is 1. The zero-order valence-corrected chi connectivity index (χ0v) is 17.0. The number of carbonyl (C=O) groups excluding carboxylic acids is 1. The van der Waals surface area contributed by atoms with E-state index in [1.807, 2.05) is 33.7 Å². The van der Waals surface area contributed by atoms with Crippen LogP contribution in [-0.2, 0) is 19.5 Å². The fraction of sp³-hybridized carbons (Fsp3) is 0.571. The van der Waals surface area contributed by atoms with Crippen molar-refractivity contribution in [3.63, 3.8) is 0 Å². The molecule has 1 amide bonds. The number of amides is 1. The van der Waals surface area contributed by atoms with Crippen LogP contribution in [0.15, 0.2) is 29.1 Å². The van der Waals surface area contributed by atoms with Gasteiger partial charge in [0.15, 0.2) is 0 Å². The van der Waals surface area contributed by atoms with Crippen LogP contribution in [0.3, 0.4) is 0 Å². The molecule has 0 spiro atoms. The lowest BCUT2D eigenvalue weighted by atomic mass is 10.1. The van der Waals surface area contributed by atoms with E-state index >= 15 is 0 Å². The van der Waals surface area contributed by atoms with Crippen molar-refractivity contribution in [1.82, 2.24) is 24.1 Å². The molecule has 2 aromatic rings. The average Bonchev–Trinajstić information content (AvgIpc) is 2.92. The van der Waals surface area contributed by atoms with Crippen LogP contribution in [0, 0.1) is 0 Å². The third kappa shape index (κ3) is 4.22. The van der Waals surface area contributed by atoms with Crippen LogP contribution >= 0.6 is 0 Å². The number of methoxy groups -OCH3 is 1. The molecular formula is C21H29N5O3. The summed E-state index contributed by atoms with van der Waals surface area (Å²) >= 11 is 0. The van der Waals surface area contributed by atoms with E-state index in [9.17, 15) is 9.59 Å². The Labute approximate surface area is 170 Å². The summed E-state index contributed by atoms with van der Waals surface area (Å²) in [7, 11) is 1.59. The molecule has 0 radical (unpaired) electrons. The van der Waals surface area contributed by atoms with Gasteiger partial charge in [0.1, 0.15) is 11.6 Å². The number of hydrogen-bond acceptors (Lipinski definition) is 5. The van der Waals surface area contributed by atoms with Crippen LogP contribution in [0.25, 0.3) is 0 Å². The van der Waals surface area contributed by atoms with E-state index in [1.54, 1.807) is 11.8 Å². The summed E-state index contributed by atoms with van der Waals surface area (Å²) in [6.45, 7) is 5.27. The van der Waals surface area contributed by atoms with E-state index < -0.39 is 0 Å². The van der Waals surface area contributed by atoms with Gasteiger partial charge in [0.2, 0.25) is 0 Å². The van der Waals surface area contributed by atoms with Gasteiger partial charge in [-0.3, -0.25) is 14.3 Å². The molecule has 29 heavy (non-hydrogen) atoms. The second-order valence-electron chi connectivity index (χ2n) is 7.72. The van der Waals surface area contributed by atoms with Gasteiger partial charge in [0.05, 0.1) is 19.2 Å². The molecular weight excluding hydrogens is 370 g/mol. The molecule has 1 saturated heterocycles. The number of hydrogen-bond donors (Lipinski definition) is 0. The van der Waals surface area contributed by atoms with Crippen LogP contribution in [0.1, 0.15) is 35.4 Å². The maximum Gasteiger partial charge on any atom is 0.345 e. The minimum absolute atomic E-state index is 0.0160. The molecule has 8 nitrogen and oxygen atoms in total. The molecule has 0 N–H and O–H groups in total. The van der Waals surface area contributed by atoms with Gasteiger partial charge >= 0.3 is 5.69 Å². The van der Waals surface area contributed by atoms with Gasteiger partial charge in [0, 0.05) is 39.1 Å². The van der Waals surface area contributed by atoms with Crippen molar-refractivity contribution in [2.24, 2.45) is 0 Å². The van der Waals surface area contributed by atoms with Crippen LogP contribution in [0.5, 0.6) is 5.75 Å². The lowest BCUT2D eigenvalue weighted by molar-refractivity contribution is 0.0758. The number of nitrogens with zero attached hydrogens (tertiary/aromatic N) is 5. The minimum Gasteiger partial charge on any atom is -0.496 e. The molecule has 1 fully saturated rings. The van der Waals surface area contributed by atoms with Gasteiger partial charge in [-0.05, 0) is 37.9 Å². The number of fused-ring (bicyclic) bond motifs is 1. The highest BCUT2D eigenvalue weighted by atomic mass is 16.5. The Balaban J connectivity index is 1.35.